The molecule has 0 atom stereocenters. The molecule has 0 fully saturated rings. The molecule has 0 spiro atoms. The summed E-state index contributed by atoms with van der Waals surface area (Å²) < 4.78 is 11.9. The lowest BCUT2D eigenvalue weighted by Gasteiger charge is -2.11. The standard InChI is InChI=1S/C55H33N5O/c1-3-15-35(16-4-1)53-56-54(36-17-5-2-6-18-36)58-55(57-53)37-26-28-38(29-27-37)59-45-23-11-9-21-42(45)49-47(59)32-30-40-41-31-33-48-50(52(41)61-51(40)49)43-22-10-12-24-46(43)60(48)44-25-13-19-34-14-7-8-20-39(34)44/h1-33H. The number of rotatable bonds is 5. The van der Waals surface area contributed by atoms with Crippen molar-refractivity contribution < 1.29 is 4.42 Å². The molecule has 61 heavy (non-hydrogen) atoms. The van der Waals surface area contributed by atoms with E-state index in [2.05, 4.69) is 149 Å². The van der Waals surface area contributed by atoms with Crippen molar-refractivity contribution in [1.29, 1.82) is 0 Å². The van der Waals surface area contributed by atoms with Gasteiger partial charge in [0.25, 0.3) is 0 Å². The lowest BCUT2D eigenvalue weighted by molar-refractivity contribution is 0.677. The van der Waals surface area contributed by atoms with Gasteiger partial charge in [-0.05, 0) is 72.1 Å². The largest absolute Gasteiger partial charge is 0.455 e. The van der Waals surface area contributed by atoms with E-state index in [0.717, 1.165) is 88.2 Å². The zero-order valence-corrected chi connectivity index (χ0v) is 32.7. The third-order valence-electron chi connectivity index (χ3n) is 12.2. The third kappa shape index (κ3) is 5.06. The van der Waals surface area contributed by atoms with E-state index in [9.17, 15) is 0 Å². The maximum absolute atomic E-state index is 7.20. The van der Waals surface area contributed by atoms with Gasteiger partial charge in [0.2, 0.25) is 0 Å². The van der Waals surface area contributed by atoms with Crippen LogP contribution in [0.5, 0.6) is 0 Å². The van der Waals surface area contributed by atoms with Crippen LogP contribution in [0, 0.1) is 0 Å². The Bertz CT molecular complexity index is 3800. The summed E-state index contributed by atoms with van der Waals surface area (Å²) in [4.78, 5) is 14.8. The Morgan fingerprint density at radius 1 is 0.311 bits per heavy atom. The van der Waals surface area contributed by atoms with E-state index in [4.69, 9.17) is 19.4 Å². The van der Waals surface area contributed by atoms with Crippen molar-refractivity contribution in [1.82, 2.24) is 24.1 Å². The Kier molecular flexibility index (Phi) is 7.21. The fraction of sp³-hybridized carbons (Fsp3) is 0. The van der Waals surface area contributed by atoms with Gasteiger partial charge < -0.3 is 13.6 Å². The van der Waals surface area contributed by atoms with Crippen molar-refractivity contribution in [2.24, 2.45) is 0 Å². The molecule has 0 aliphatic rings. The van der Waals surface area contributed by atoms with Gasteiger partial charge in [0.1, 0.15) is 11.2 Å². The van der Waals surface area contributed by atoms with Gasteiger partial charge in [-0.25, -0.2) is 15.0 Å². The first-order valence-corrected chi connectivity index (χ1v) is 20.5. The molecule has 0 saturated carbocycles. The highest BCUT2D eigenvalue weighted by atomic mass is 16.3. The Labute approximate surface area is 349 Å². The Morgan fingerprint density at radius 3 is 1.36 bits per heavy atom. The lowest BCUT2D eigenvalue weighted by Crippen LogP contribution is -2.00. The first-order valence-electron chi connectivity index (χ1n) is 20.5. The molecule has 9 aromatic carbocycles. The van der Waals surface area contributed by atoms with Crippen LogP contribution in [0.15, 0.2) is 205 Å². The van der Waals surface area contributed by atoms with Crippen LogP contribution < -0.4 is 0 Å². The van der Waals surface area contributed by atoms with Crippen LogP contribution in [0.25, 0.3) is 122 Å². The fourth-order valence-electron chi connectivity index (χ4n) is 9.43. The fourth-order valence-corrected chi connectivity index (χ4v) is 9.43. The molecule has 13 rings (SSSR count). The molecule has 6 heteroatoms. The molecule has 0 N–H and O–H groups in total. The minimum Gasteiger partial charge on any atom is -0.455 e. The zero-order chi connectivity index (χ0) is 40.0. The second-order valence-corrected chi connectivity index (χ2v) is 15.6. The van der Waals surface area contributed by atoms with E-state index in [1.165, 1.54) is 16.2 Å². The van der Waals surface area contributed by atoms with E-state index >= 15 is 0 Å². The van der Waals surface area contributed by atoms with Crippen molar-refractivity contribution in [3.05, 3.63) is 200 Å². The summed E-state index contributed by atoms with van der Waals surface area (Å²) in [7, 11) is 0. The summed E-state index contributed by atoms with van der Waals surface area (Å²) in [6.45, 7) is 0. The summed E-state index contributed by atoms with van der Waals surface area (Å²) in [5.74, 6) is 1.90. The van der Waals surface area contributed by atoms with Crippen LogP contribution in [0.3, 0.4) is 0 Å². The molecule has 4 aromatic heterocycles. The number of benzene rings is 9. The van der Waals surface area contributed by atoms with Gasteiger partial charge in [-0.2, -0.15) is 0 Å². The number of furan rings is 1. The normalized spacial score (nSPS) is 11.9. The predicted molar refractivity (Wildman–Crippen MR) is 250 cm³/mol. The van der Waals surface area contributed by atoms with Crippen molar-refractivity contribution in [2.75, 3.05) is 0 Å². The maximum atomic E-state index is 7.20. The van der Waals surface area contributed by atoms with Gasteiger partial charge in [-0.1, -0.05) is 133 Å². The number of para-hydroxylation sites is 2. The number of fused-ring (bicyclic) bond motifs is 12. The summed E-state index contributed by atoms with van der Waals surface area (Å²) in [5, 5.41) is 9.14. The molecule has 0 radical (unpaired) electrons. The minimum atomic E-state index is 0.624. The molecule has 0 saturated heterocycles. The molecule has 0 aliphatic carbocycles. The SMILES string of the molecule is c1ccc(-c2nc(-c3ccccc3)nc(-c3ccc(-n4c5ccccc5c5c6oc7c(ccc8c7c7ccccc7n8-c7cccc8ccccc78)c6ccc54)cc3)n2)cc1. The summed E-state index contributed by atoms with van der Waals surface area (Å²) in [5.41, 5.74) is 11.2. The van der Waals surface area contributed by atoms with Crippen LogP contribution in [-0.4, -0.2) is 24.1 Å². The van der Waals surface area contributed by atoms with Gasteiger partial charge in [0.15, 0.2) is 17.5 Å². The molecule has 0 bridgehead atoms. The van der Waals surface area contributed by atoms with Crippen LogP contribution in [0.2, 0.25) is 0 Å². The van der Waals surface area contributed by atoms with Crippen molar-refractivity contribution in [2.45, 2.75) is 0 Å². The molecular formula is C55H33N5O. The molecular weight excluding hydrogens is 747 g/mol. The monoisotopic (exact) mass is 779 g/mol. The van der Waals surface area contributed by atoms with Gasteiger partial charge in [-0.3, -0.25) is 0 Å². The second-order valence-electron chi connectivity index (χ2n) is 15.6. The zero-order valence-electron chi connectivity index (χ0n) is 32.7. The topological polar surface area (TPSA) is 61.7 Å². The van der Waals surface area contributed by atoms with Crippen LogP contribution in [0.4, 0.5) is 0 Å². The van der Waals surface area contributed by atoms with Crippen LogP contribution in [0.1, 0.15) is 0 Å². The number of nitrogens with zero attached hydrogens (tertiary/aromatic N) is 5. The maximum Gasteiger partial charge on any atom is 0.164 e. The average molecular weight is 780 g/mol. The van der Waals surface area contributed by atoms with E-state index in [1.54, 1.807) is 0 Å². The molecule has 0 unspecified atom stereocenters. The van der Waals surface area contributed by atoms with Gasteiger partial charge in [-0.15, -0.1) is 0 Å². The smallest absolute Gasteiger partial charge is 0.164 e. The predicted octanol–water partition coefficient (Wildman–Crippen LogP) is 14.1. The summed E-state index contributed by atoms with van der Waals surface area (Å²) >= 11 is 0. The quantitative estimate of drug-likeness (QED) is 0.175. The van der Waals surface area contributed by atoms with Crippen molar-refractivity contribution in [3.63, 3.8) is 0 Å². The lowest BCUT2D eigenvalue weighted by atomic mass is 10.1. The second kappa shape index (κ2) is 13.1. The molecule has 13 aromatic rings. The molecule has 0 amide bonds. The van der Waals surface area contributed by atoms with Crippen molar-refractivity contribution in [3.8, 4) is 45.5 Å². The summed E-state index contributed by atoms with van der Waals surface area (Å²) in [6.07, 6.45) is 0. The van der Waals surface area contributed by atoms with Gasteiger partial charge in [0.05, 0.1) is 38.5 Å². The van der Waals surface area contributed by atoms with Crippen LogP contribution >= 0.6 is 0 Å². The van der Waals surface area contributed by atoms with Gasteiger partial charge in [0, 0.05) is 49.3 Å². The highest BCUT2D eigenvalue weighted by Gasteiger charge is 2.23. The first-order chi connectivity index (χ1) is 30.3. The molecule has 0 aliphatic heterocycles. The average Bonchev–Trinajstić information content (AvgIpc) is 3.99. The van der Waals surface area contributed by atoms with E-state index < -0.39 is 0 Å². The summed E-state index contributed by atoms with van der Waals surface area (Å²) in [6, 6.07) is 70.1. The number of aromatic nitrogens is 5. The van der Waals surface area contributed by atoms with E-state index in [0.29, 0.717) is 17.5 Å². The Hall–Kier alpha value is -8.35. The molecule has 6 nitrogen and oxygen atoms in total. The number of hydrogen-bond acceptors (Lipinski definition) is 4. The number of hydrogen-bond donors (Lipinski definition) is 0. The Balaban J connectivity index is 0.997. The first kappa shape index (κ1) is 33.6. The van der Waals surface area contributed by atoms with Gasteiger partial charge >= 0.3 is 0 Å². The highest BCUT2D eigenvalue weighted by molar-refractivity contribution is 6.29. The van der Waals surface area contributed by atoms with Crippen LogP contribution in [-0.2, 0) is 0 Å². The van der Waals surface area contributed by atoms with E-state index in [1.807, 2.05) is 60.7 Å². The Morgan fingerprint density at radius 2 is 0.770 bits per heavy atom. The van der Waals surface area contributed by atoms with E-state index in [-0.39, 0.29) is 0 Å². The minimum absolute atomic E-state index is 0.624. The third-order valence-corrected chi connectivity index (χ3v) is 12.2. The highest BCUT2D eigenvalue weighted by Crippen LogP contribution is 2.45. The molecule has 4 heterocycles. The molecule has 284 valence electrons. The van der Waals surface area contributed by atoms with Crippen molar-refractivity contribution >= 4 is 76.3 Å².